The first kappa shape index (κ1) is 18.6. The quantitative estimate of drug-likeness (QED) is 0.806. The van der Waals surface area contributed by atoms with Crippen molar-refractivity contribution in [3.05, 3.63) is 47.9 Å². The lowest BCUT2D eigenvalue weighted by atomic mass is 10.1. The lowest BCUT2D eigenvalue weighted by Gasteiger charge is -2.23. The fourth-order valence-corrected chi connectivity index (χ4v) is 3.22. The first-order valence-electron chi connectivity index (χ1n) is 9.08. The van der Waals surface area contributed by atoms with Crippen LogP contribution in [-0.2, 0) is 11.2 Å². The molecule has 0 radical (unpaired) electrons. The Kier molecular flexibility index (Phi) is 6.21. The van der Waals surface area contributed by atoms with Crippen LogP contribution in [0.5, 0.6) is 5.75 Å². The zero-order chi connectivity index (χ0) is 19.1. The van der Waals surface area contributed by atoms with E-state index in [1.807, 2.05) is 34.1 Å². The minimum Gasteiger partial charge on any atom is -0.497 e. The lowest BCUT2D eigenvalue weighted by Crippen LogP contribution is -2.35. The van der Waals surface area contributed by atoms with E-state index >= 15 is 0 Å². The van der Waals surface area contributed by atoms with Crippen molar-refractivity contribution in [2.75, 3.05) is 38.2 Å². The Hall–Kier alpha value is -3.14. The lowest BCUT2D eigenvalue weighted by molar-refractivity contribution is -0.130. The molecule has 0 spiro atoms. The van der Waals surface area contributed by atoms with E-state index in [4.69, 9.17) is 4.74 Å². The Balaban J connectivity index is 1.55. The van der Waals surface area contributed by atoms with E-state index in [0.717, 1.165) is 30.8 Å². The number of carbonyl (C=O) groups is 1. The molecule has 7 heteroatoms. The summed E-state index contributed by atoms with van der Waals surface area (Å²) in [5.41, 5.74) is 1.45. The highest BCUT2D eigenvalue weighted by Crippen LogP contribution is 2.17. The van der Waals surface area contributed by atoms with Gasteiger partial charge in [0.15, 0.2) is 11.5 Å². The second kappa shape index (κ2) is 8.99. The van der Waals surface area contributed by atoms with Gasteiger partial charge in [0, 0.05) is 45.0 Å². The molecule has 0 unspecified atom stereocenters. The summed E-state index contributed by atoms with van der Waals surface area (Å²) in [6.07, 6.45) is 5.16. The summed E-state index contributed by atoms with van der Waals surface area (Å²) in [5, 5.41) is 9.22. The van der Waals surface area contributed by atoms with E-state index in [1.165, 1.54) is 6.20 Å². The van der Waals surface area contributed by atoms with E-state index in [0.29, 0.717) is 37.4 Å². The van der Waals surface area contributed by atoms with Gasteiger partial charge in [0.2, 0.25) is 5.91 Å². The van der Waals surface area contributed by atoms with E-state index < -0.39 is 0 Å². The molecule has 0 bridgehead atoms. The maximum Gasteiger partial charge on any atom is 0.222 e. The Morgan fingerprint density at radius 1 is 1.15 bits per heavy atom. The molecule has 27 heavy (non-hydrogen) atoms. The predicted molar refractivity (Wildman–Crippen MR) is 101 cm³/mol. The molecule has 1 aliphatic rings. The molecular weight excluding hydrogens is 342 g/mol. The summed E-state index contributed by atoms with van der Waals surface area (Å²) >= 11 is 0. The topological polar surface area (TPSA) is 82.3 Å². The summed E-state index contributed by atoms with van der Waals surface area (Å²) in [5.74, 6) is 1.58. The third kappa shape index (κ3) is 4.73. The SMILES string of the molecule is COc1ccc(CCC(=O)N2CCCN(c3nccnc3C#N)CC2)cc1. The van der Waals surface area contributed by atoms with Crippen LogP contribution in [0.4, 0.5) is 5.82 Å². The first-order chi connectivity index (χ1) is 13.2. The maximum atomic E-state index is 12.6. The Labute approximate surface area is 159 Å². The van der Waals surface area contributed by atoms with Crippen LogP contribution in [0.3, 0.4) is 0 Å². The number of nitrogens with zero attached hydrogens (tertiary/aromatic N) is 5. The average Bonchev–Trinajstić information content (AvgIpc) is 2.98. The molecule has 1 aliphatic heterocycles. The number of methoxy groups -OCH3 is 1. The minimum atomic E-state index is 0.160. The Morgan fingerprint density at radius 3 is 2.67 bits per heavy atom. The minimum absolute atomic E-state index is 0.160. The molecule has 7 nitrogen and oxygen atoms in total. The van der Waals surface area contributed by atoms with Crippen LogP contribution < -0.4 is 9.64 Å². The van der Waals surface area contributed by atoms with E-state index in [-0.39, 0.29) is 5.91 Å². The number of anilines is 1. The zero-order valence-corrected chi connectivity index (χ0v) is 15.5. The largest absolute Gasteiger partial charge is 0.497 e. The van der Waals surface area contributed by atoms with Crippen LogP contribution in [0, 0.1) is 11.3 Å². The maximum absolute atomic E-state index is 12.6. The number of hydrogen-bond acceptors (Lipinski definition) is 6. The van der Waals surface area contributed by atoms with Crippen molar-refractivity contribution >= 4 is 11.7 Å². The van der Waals surface area contributed by atoms with Gasteiger partial charge in [-0.15, -0.1) is 0 Å². The summed E-state index contributed by atoms with van der Waals surface area (Å²) < 4.78 is 5.16. The molecule has 3 rings (SSSR count). The molecule has 0 saturated carbocycles. The molecule has 1 amide bonds. The summed E-state index contributed by atoms with van der Waals surface area (Å²) in [6, 6.07) is 9.90. The summed E-state index contributed by atoms with van der Waals surface area (Å²) in [6.45, 7) is 2.76. The standard InChI is InChI=1S/C20H23N5O2/c1-27-17-6-3-16(4-7-17)5-8-19(26)24-11-2-12-25(14-13-24)20-18(15-21)22-9-10-23-20/h3-4,6-7,9-10H,2,5,8,11-14H2,1H3. The number of benzene rings is 1. The van der Waals surface area contributed by atoms with Crippen LogP contribution in [-0.4, -0.2) is 54.1 Å². The van der Waals surface area contributed by atoms with Crippen molar-refractivity contribution in [1.82, 2.24) is 14.9 Å². The zero-order valence-electron chi connectivity index (χ0n) is 15.5. The van der Waals surface area contributed by atoms with Gasteiger partial charge < -0.3 is 14.5 Å². The highest BCUT2D eigenvalue weighted by Gasteiger charge is 2.21. The van der Waals surface area contributed by atoms with Gasteiger partial charge in [-0.3, -0.25) is 4.79 Å². The van der Waals surface area contributed by atoms with Crippen LogP contribution in [0.25, 0.3) is 0 Å². The van der Waals surface area contributed by atoms with E-state index in [9.17, 15) is 10.1 Å². The smallest absolute Gasteiger partial charge is 0.222 e. The average molecular weight is 365 g/mol. The van der Waals surface area contributed by atoms with Gasteiger partial charge in [0.1, 0.15) is 11.8 Å². The number of hydrogen-bond donors (Lipinski definition) is 0. The number of aromatic nitrogens is 2. The van der Waals surface area contributed by atoms with Gasteiger partial charge in [0.05, 0.1) is 7.11 Å². The molecule has 140 valence electrons. The first-order valence-corrected chi connectivity index (χ1v) is 9.08. The van der Waals surface area contributed by atoms with Gasteiger partial charge in [-0.25, -0.2) is 9.97 Å². The number of aryl methyl sites for hydroxylation is 1. The van der Waals surface area contributed by atoms with Gasteiger partial charge in [-0.2, -0.15) is 5.26 Å². The van der Waals surface area contributed by atoms with Crippen molar-refractivity contribution in [3.8, 4) is 11.8 Å². The third-order valence-corrected chi connectivity index (χ3v) is 4.72. The highest BCUT2D eigenvalue weighted by molar-refractivity contribution is 5.76. The fraction of sp³-hybridized carbons (Fsp3) is 0.400. The van der Waals surface area contributed by atoms with Crippen molar-refractivity contribution in [2.45, 2.75) is 19.3 Å². The van der Waals surface area contributed by atoms with Crippen molar-refractivity contribution in [1.29, 1.82) is 5.26 Å². The number of carbonyl (C=O) groups excluding carboxylic acids is 1. The van der Waals surface area contributed by atoms with Gasteiger partial charge >= 0.3 is 0 Å². The molecule has 2 heterocycles. The molecule has 1 aromatic heterocycles. The monoisotopic (exact) mass is 365 g/mol. The fourth-order valence-electron chi connectivity index (χ4n) is 3.22. The van der Waals surface area contributed by atoms with Crippen LogP contribution in [0.15, 0.2) is 36.7 Å². The van der Waals surface area contributed by atoms with Gasteiger partial charge in [-0.05, 0) is 30.5 Å². The van der Waals surface area contributed by atoms with Gasteiger partial charge in [-0.1, -0.05) is 12.1 Å². The predicted octanol–water partition coefficient (Wildman–Crippen LogP) is 2.03. The third-order valence-electron chi connectivity index (χ3n) is 4.72. The van der Waals surface area contributed by atoms with Crippen molar-refractivity contribution < 1.29 is 9.53 Å². The number of ether oxygens (including phenoxy) is 1. The summed E-state index contributed by atoms with van der Waals surface area (Å²) in [4.78, 5) is 24.9. The molecule has 1 saturated heterocycles. The summed E-state index contributed by atoms with van der Waals surface area (Å²) in [7, 11) is 1.64. The van der Waals surface area contributed by atoms with Crippen LogP contribution in [0.1, 0.15) is 24.1 Å². The normalized spacial score (nSPS) is 14.4. The Bertz CT molecular complexity index is 816. The van der Waals surface area contributed by atoms with Crippen molar-refractivity contribution in [2.24, 2.45) is 0 Å². The van der Waals surface area contributed by atoms with E-state index in [2.05, 4.69) is 16.0 Å². The van der Waals surface area contributed by atoms with E-state index in [1.54, 1.807) is 13.3 Å². The Morgan fingerprint density at radius 2 is 1.93 bits per heavy atom. The molecule has 2 aromatic rings. The molecular formula is C20H23N5O2. The molecule has 1 aromatic carbocycles. The molecule has 0 N–H and O–H groups in total. The second-order valence-electron chi connectivity index (χ2n) is 6.41. The van der Waals surface area contributed by atoms with Gasteiger partial charge in [0.25, 0.3) is 0 Å². The molecule has 1 fully saturated rings. The van der Waals surface area contributed by atoms with Crippen LogP contribution >= 0.6 is 0 Å². The van der Waals surface area contributed by atoms with Crippen molar-refractivity contribution in [3.63, 3.8) is 0 Å². The number of nitriles is 1. The van der Waals surface area contributed by atoms with Crippen LogP contribution in [0.2, 0.25) is 0 Å². The molecule has 0 aliphatic carbocycles. The second-order valence-corrected chi connectivity index (χ2v) is 6.41. The number of rotatable bonds is 5. The molecule has 0 atom stereocenters. The highest BCUT2D eigenvalue weighted by atomic mass is 16.5. The number of amides is 1.